The van der Waals surface area contributed by atoms with Gasteiger partial charge in [-0.2, -0.15) is 0 Å². The van der Waals surface area contributed by atoms with Crippen molar-refractivity contribution in [2.24, 2.45) is 0 Å². The van der Waals surface area contributed by atoms with Crippen LogP contribution in [0.1, 0.15) is 39.3 Å². The molecule has 0 spiro atoms. The molecule has 0 aliphatic carbocycles. The minimum absolute atomic E-state index is 0.0432. The Bertz CT molecular complexity index is 1130. The molecule has 7 heteroatoms. The van der Waals surface area contributed by atoms with E-state index in [1.807, 2.05) is 24.3 Å². The van der Waals surface area contributed by atoms with Crippen molar-refractivity contribution in [1.82, 2.24) is 14.9 Å². The summed E-state index contributed by atoms with van der Waals surface area (Å²) >= 11 is 0. The number of methoxy groups -OCH3 is 1. The predicted molar refractivity (Wildman–Crippen MR) is 110 cm³/mol. The number of benzene rings is 2. The van der Waals surface area contributed by atoms with Crippen molar-refractivity contribution in [3.8, 4) is 5.75 Å². The highest BCUT2D eigenvalue weighted by Crippen LogP contribution is 2.39. The third-order valence-electron chi connectivity index (χ3n) is 5.52. The van der Waals surface area contributed by atoms with Gasteiger partial charge in [0.2, 0.25) is 0 Å². The number of halogens is 1. The molecular formula is C23H22FN3O3. The standard InChI is InChI=1S/C23H22FN3O3/c1-14-25-21(11-22(28)26-14)19-13-27(23(29)17-5-3-4-6-20(17)24)12-18(19)15-7-9-16(30-2)10-8-15/h3-11,18-19H,12-13H2,1-2H3,(H,25,26,28)/t18-,19+/m0/s1. The van der Waals surface area contributed by atoms with Gasteiger partial charge in [0, 0.05) is 31.0 Å². The highest BCUT2D eigenvalue weighted by Gasteiger charge is 2.39. The molecule has 154 valence electrons. The van der Waals surface area contributed by atoms with Crippen LogP contribution >= 0.6 is 0 Å². The molecule has 1 aliphatic heterocycles. The number of ether oxygens (including phenoxy) is 1. The molecule has 1 fully saturated rings. The summed E-state index contributed by atoms with van der Waals surface area (Å²) in [5.41, 5.74) is 1.44. The van der Waals surface area contributed by atoms with Gasteiger partial charge in [0.1, 0.15) is 17.4 Å². The number of aryl methyl sites for hydroxylation is 1. The van der Waals surface area contributed by atoms with Crippen LogP contribution < -0.4 is 10.3 Å². The molecule has 3 aromatic rings. The van der Waals surface area contributed by atoms with Crippen molar-refractivity contribution in [3.05, 3.63) is 93.4 Å². The second-order valence-electron chi connectivity index (χ2n) is 7.43. The van der Waals surface area contributed by atoms with E-state index in [-0.39, 0.29) is 28.9 Å². The number of likely N-dealkylation sites (tertiary alicyclic amines) is 1. The van der Waals surface area contributed by atoms with Crippen molar-refractivity contribution in [1.29, 1.82) is 0 Å². The normalized spacial score (nSPS) is 18.4. The molecule has 1 amide bonds. The molecule has 0 radical (unpaired) electrons. The maximum Gasteiger partial charge on any atom is 0.256 e. The number of carbonyl (C=O) groups is 1. The van der Waals surface area contributed by atoms with Gasteiger partial charge >= 0.3 is 0 Å². The van der Waals surface area contributed by atoms with Gasteiger partial charge in [0.15, 0.2) is 0 Å². The Morgan fingerprint density at radius 3 is 2.50 bits per heavy atom. The zero-order valence-electron chi connectivity index (χ0n) is 16.8. The lowest BCUT2D eigenvalue weighted by atomic mass is 9.86. The second kappa shape index (κ2) is 8.10. The molecule has 6 nitrogen and oxygen atoms in total. The van der Waals surface area contributed by atoms with E-state index in [1.54, 1.807) is 31.1 Å². The summed E-state index contributed by atoms with van der Waals surface area (Å²) in [4.78, 5) is 33.9. The maximum atomic E-state index is 14.2. The van der Waals surface area contributed by atoms with Crippen LogP contribution in [0.2, 0.25) is 0 Å². The third kappa shape index (κ3) is 3.83. The van der Waals surface area contributed by atoms with Crippen LogP contribution in [-0.2, 0) is 0 Å². The fraction of sp³-hybridized carbons (Fsp3) is 0.261. The summed E-state index contributed by atoms with van der Waals surface area (Å²) in [6.45, 7) is 2.47. The number of amides is 1. The van der Waals surface area contributed by atoms with Gasteiger partial charge in [-0.15, -0.1) is 0 Å². The lowest BCUT2D eigenvalue weighted by Gasteiger charge is -2.18. The average Bonchev–Trinajstić information content (AvgIpc) is 3.18. The van der Waals surface area contributed by atoms with E-state index in [0.29, 0.717) is 24.6 Å². The first-order valence-corrected chi connectivity index (χ1v) is 9.72. The molecule has 4 rings (SSSR count). The summed E-state index contributed by atoms with van der Waals surface area (Å²) in [7, 11) is 1.60. The molecule has 1 saturated heterocycles. The lowest BCUT2D eigenvalue weighted by molar-refractivity contribution is 0.0784. The SMILES string of the molecule is COc1ccc([C@@H]2CN(C(=O)c3ccccc3F)C[C@H]2c2cc(=O)[nH]c(C)n2)cc1. The molecule has 30 heavy (non-hydrogen) atoms. The highest BCUT2D eigenvalue weighted by molar-refractivity contribution is 5.94. The van der Waals surface area contributed by atoms with Gasteiger partial charge in [0.05, 0.1) is 18.4 Å². The van der Waals surface area contributed by atoms with E-state index in [0.717, 1.165) is 11.3 Å². The Balaban J connectivity index is 1.72. The molecule has 2 aromatic carbocycles. The highest BCUT2D eigenvalue weighted by atomic mass is 19.1. The minimum atomic E-state index is -0.544. The summed E-state index contributed by atoms with van der Waals surface area (Å²) in [6, 6.07) is 15.1. The number of hydrogen-bond acceptors (Lipinski definition) is 4. The zero-order chi connectivity index (χ0) is 21.3. The quantitative estimate of drug-likeness (QED) is 0.720. The number of H-pyrrole nitrogens is 1. The Morgan fingerprint density at radius 1 is 1.13 bits per heavy atom. The summed E-state index contributed by atoms with van der Waals surface area (Å²) in [6.07, 6.45) is 0. The van der Waals surface area contributed by atoms with Crippen molar-refractivity contribution < 1.29 is 13.9 Å². The number of aromatic amines is 1. The van der Waals surface area contributed by atoms with Crippen LogP contribution in [0.5, 0.6) is 5.75 Å². The van der Waals surface area contributed by atoms with Crippen LogP contribution in [0.4, 0.5) is 4.39 Å². The Kier molecular flexibility index (Phi) is 5.35. The van der Waals surface area contributed by atoms with E-state index in [2.05, 4.69) is 9.97 Å². The lowest BCUT2D eigenvalue weighted by Crippen LogP contribution is -2.29. The molecule has 0 bridgehead atoms. The molecule has 1 aromatic heterocycles. The van der Waals surface area contributed by atoms with Crippen LogP contribution in [0.15, 0.2) is 59.4 Å². The van der Waals surface area contributed by atoms with Gasteiger partial charge < -0.3 is 14.6 Å². The smallest absolute Gasteiger partial charge is 0.256 e. The van der Waals surface area contributed by atoms with E-state index in [9.17, 15) is 14.0 Å². The van der Waals surface area contributed by atoms with Crippen molar-refractivity contribution >= 4 is 5.91 Å². The van der Waals surface area contributed by atoms with Crippen molar-refractivity contribution in [2.75, 3.05) is 20.2 Å². The number of carbonyl (C=O) groups excluding carboxylic acids is 1. The summed E-state index contributed by atoms with van der Waals surface area (Å²) < 4.78 is 19.4. The van der Waals surface area contributed by atoms with E-state index in [1.165, 1.54) is 18.2 Å². The molecule has 1 aliphatic rings. The Morgan fingerprint density at radius 2 is 1.83 bits per heavy atom. The fourth-order valence-electron chi connectivity index (χ4n) is 4.06. The minimum Gasteiger partial charge on any atom is -0.497 e. The molecule has 2 heterocycles. The monoisotopic (exact) mass is 407 g/mol. The first kappa shape index (κ1) is 19.8. The average molecular weight is 407 g/mol. The largest absolute Gasteiger partial charge is 0.497 e. The maximum absolute atomic E-state index is 14.2. The first-order valence-electron chi connectivity index (χ1n) is 9.72. The third-order valence-corrected chi connectivity index (χ3v) is 5.52. The molecule has 0 unspecified atom stereocenters. The van der Waals surface area contributed by atoms with E-state index < -0.39 is 5.82 Å². The molecule has 1 N–H and O–H groups in total. The molecular weight excluding hydrogens is 385 g/mol. The van der Waals surface area contributed by atoms with Crippen LogP contribution in [0.3, 0.4) is 0 Å². The van der Waals surface area contributed by atoms with Gasteiger partial charge in [-0.25, -0.2) is 9.37 Å². The second-order valence-corrected chi connectivity index (χ2v) is 7.43. The van der Waals surface area contributed by atoms with Gasteiger partial charge in [-0.05, 0) is 36.8 Å². The number of nitrogens with zero attached hydrogens (tertiary/aromatic N) is 2. The Labute approximate surface area is 173 Å². The van der Waals surface area contributed by atoms with Gasteiger partial charge in [-0.3, -0.25) is 9.59 Å². The number of rotatable bonds is 4. The number of aromatic nitrogens is 2. The topological polar surface area (TPSA) is 75.3 Å². The van der Waals surface area contributed by atoms with Gasteiger partial charge in [0.25, 0.3) is 11.5 Å². The summed E-state index contributed by atoms with van der Waals surface area (Å²) in [5, 5.41) is 0. The first-order chi connectivity index (χ1) is 14.5. The summed E-state index contributed by atoms with van der Waals surface area (Å²) in [5.74, 6) is 0.0748. The van der Waals surface area contributed by atoms with Crippen LogP contribution in [0.25, 0.3) is 0 Å². The van der Waals surface area contributed by atoms with E-state index >= 15 is 0 Å². The fourth-order valence-corrected chi connectivity index (χ4v) is 4.06. The van der Waals surface area contributed by atoms with E-state index in [4.69, 9.17) is 4.74 Å². The number of hydrogen-bond donors (Lipinski definition) is 1. The number of nitrogens with one attached hydrogen (secondary N) is 1. The van der Waals surface area contributed by atoms with Crippen molar-refractivity contribution in [3.63, 3.8) is 0 Å². The van der Waals surface area contributed by atoms with Gasteiger partial charge in [-0.1, -0.05) is 24.3 Å². The van der Waals surface area contributed by atoms with Crippen LogP contribution in [-0.4, -0.2) is 41.0 Å². The molecule has 0 saturated carbocycles. The Hall–Kier alpha value is -3.48. The predicted octanol–water partition coefficient (Wildman–Crippen LogP) is 3.25. The van der Waals surface area contributed by atoms with Crippen molar-refractivity contribution in [2.45, 2.75) is 18.8 Å². The van der Waals surface area contributed by atoms with Crippen LogP contribution in [0, 0.1) is 12.7 Å². The zero-order valence-corrected chi connectivity index (χ0v) is 16.8. The molecule has 2 atom stereocenters.